The molecular formula is C26H23N5O3. The van der Waals surface area contributed by atoms with E-state index in [9.17, 15) is 4.79 Å². The lowest BCUT2D eigenvalue weighted by Crippen LogP contribution is -2.10. The molecule has 0 aliphatic carbocycles. The van der Waals surface area contributed by atoms with Crippen molar-refractivity contribution in [3.8, 4) is 17.4 Å². The highest BCUT2D eigenvalue weighted by Gasteiger charge is 2.14. The normalized spacial score (nSPS) is 11.1. The largest absolute Gasteiger partial charge is 0.451 e. The second kappa shape index (κ2) is 8.47. The van der Waals surface area contributed by atoms with E-state index in [1.54, 1.807) is 41.1 Å². The number of hydrogen-bond donors (Lipinski definition) is 1. The van der Waals surface area contributed by atoms with E-state index in [2.05, 4.69) is 20.4 Å². The summed E-state index contributed by atoms with van der Waals surface area (Å²) < 4.78 is 13.4. The Morgan fingerprint density at radius 2 is 1.74 bits per heavy atom. The Labute approximate surface area is 196 Å². The summed E-state index contributed by atoms with van der Waals surface area (Å²) in [5.41, 5.74) is 4.39. The molecule has 1 amide bonds. The number of fused-ring (bicyclic) bond motifs is 1. The first-order valence-corrected chi connectivity index (χ1v) is 10.8. The number of furan rings is 1. The molecule has 0 aliphatic rings. The summed E-state index contributed by atoms with van der Waals surface area (Å²) in [4.78, 5) is 21.5. The van der Waals surface area contributed by atoms with Crippen LogP contribution in [-0.4, -0.2) is 25.7 Å². The Morgan fingerprint density at radius 1 is 0.971 bits per heavy atom. The second-order valence-electron chi connectivity index (χ2n) is 8.05. The van der Waals surface area contributed by atoms with Gasteiger partial charge < -0.3 is 14.5 Å². The van der Waals surface area contributed by atoms with Crippen LogP contribution in [0.15, 0.2) is 65.1 Å². The first-order chi connectivity index (χ1) is 16.4. The van der Waals surface area contributed by atoms with Crippen molar-refractivity contribution in [2.75, 3.05) is 5.32 Å². The monoisotopic (exact) mass is 453 g/mol. The van der Waals surface area contributed by atoms with Gasteiger partial charge in [0.15, 0.2) is 11.6 Å². The van der Waals surface area contributed by atoms with Crippen LogP contribution in [0.1, 0.15) is 33.3 Å². The molecule has 5 aromatic rings. The van der Waals surface area contributed by atoms with E-state index in [0.29, 0.717) is 34.5 Å². The number of carbonyl (C=O) groups excluding carboxylic acids is 1. The average molecular weight is 454 g/mol. The lowest BCUT2D eigenvalue weighted by Gasteiger charge is -2.10. The quantitative estimate of drug-likeness (QED) is 0.367. The van der Waals surface area contributed by atoms with Crippen molar-refractivity contribution < 1.29 is 13.9 Å². The standard InChI is InChI=1S/C26H23N5O3/c1-15-16(2)30-31(17(15)3)24-14-25(28-18(4)27-24)33-21-11-9-20(10-12-21)29-26(32)23-13-19-7-5-6-8-22(19)34-23/h5-14H,1-4H3,(H,29,32). The fourth-order valence-corrected chi connectivity index (χ4v) is 3.64. The molecule has 0 spiro atoms. The van der Waals surface area contributed by atoms with Gasteiger partial charge in [0, 0.05) is 22.8 Å². The number of nitrogens with zero attached hydrogens (tertiary/aromatic N) is 4. The number of aromatic nitrogens is 4. The molecule has 1 N–H and O–H groups in total. The van der Waals surface area contributed by atoms with Gasteiger partial charge in [0.1, 0.15) is 17.2 Å². The van der Waals surface area contributed by atoms with Gasteiger partial charge in [-0.2, -0.15) is 10.1 Å². The minimum Gasteiger partial charge on any atom is -0.451 e. The third-order valence-electron chi connectivity index (χ3n) is 5.65. The van der Waals surface area contributed by atoms with Gasteiger partial charge in [0.05, 0.1) is 5.69 Å². The van der Waals surface area contributed by atoms with Crippen LogP contribution in [0, 0.1) is 27.7 Å². The molecular weight excluding hydrogens is 430 g/mol. The minimum atomic E-state index is -0.318. The maximum atomic E-state index is 12.6. The zero-order chi connectivity index (χ0) is 23.8. The highest BCUT2D eigenvalue weighted by molar-refractivity contribution is 6.04. The SMILES string of the molecule is Cc1nc(Oc2ccc(NC(=O)c3cc4ccccc4o3)cc2)cc(-n2nc(C)c(C)c2C)n1. The molecule has 2 aromatic carbocycles. The van der Waals surface area contributed by atoms with Crippen molar-refractivity contribution in [3.63, 3.8) is 0 Å². The summed E-state index contributed by atoms with van der Waals surface area (Å²) in [6.07, 6.45) is 0. The summed E-state index contributed by atoms with van der Waals surface area (Å²) in [7, 11) is 0. The molecule has 8 nitrogen and oxygen atoms in total. The van der Waals surface area contributed by atoms with Crippen LogP contribution in [0.2, 0.25) is 0 Å². The molecule has 0 unspecified atom stereocenters. The van der Waals surface area contributed by atoms with Gasteiger partial charge in [-0.05, 0) is 69.7 Å². The molecule has 8 heteroatoms. The number of rotatable bonds is 5. The summed E-state index contributed by atoms with van der Waals surface area (Å²) in [6, 6.07) is 18.0. The van der Waals surface area contributed by atoms with Crippen LogP contribution in [0.5, 0.6) is 11.6 Å². The highest BCUT2D eigenvalue weighted by Crippen LogP contribution is 2.25. The van der Waals surface area contributed by atoms with E-state index in [4.69, 9.17) is 9.15 Å². The van der Waals surface area contributed by atoms with Gasteiger partial charge in [0.2, 0.25) is 5.88 Å². The number of carbonyl (C=O) groups is 1. The van der Waals surface area contributed by atoms with Crippen LogP contribution in [0.4, 0.5) is 5.69 Å². The van der Waals surface area contributed by atoms with Crippen LogP contribution in [0.3, 0.4) is 0 Å². The van der Waals surface area contributed by atoms with Crippen molar-refractivity contribution in [2.24, 2.45) is 0 Å². The minimum absolute atomic E-state index is 0.255. The van der Waals surface area contributed by atoms with Crippen LogP contribution < -0.4 is 10.1 Å². The van der Waals surface area contributed by atoms with Gasteiger partial charge in [-0.15, -0.1) is 0 Å². The first-order valence-electron chi connectivity index (χ1n) is 10.8. The maximum Gasteiger partial charge on any atom is 0.291 e. The zero-order valence-electron chi connectivity index (χ0n) is 19.3. The van der Waals surface area contributed by atoms with E-state index in [1.807, 2.05) is 52.0 Å². The number of ether oxygens (including phenoxy) is 1. The molecule has 3 heterocycles. The molecule has 0 fully saturated rings. The zero-order valence-corrected chi connectivity index (χ0v) is 19.3. The fraction of sp³-hybridized carbons (Fsp3) is 0.154. The molecule has 0 bridgehead atoms. The number of aryl methyl sites for hydroxylation is 2. The number of anilines is 1. The van der Waals surface area contributed by atoms with Gasteiger partial charge in [-0.1, -0.05) is 18.2 Å². The fourth-order valence-electron chi connectivity index (χ4n) is 3.64. The molecule has 0 radical (unpaired) electrons. The van der Waals surface area contributed by atoms with Crippen LogP contribution in [-0.2, 0) is 0 Å². The number of amides is 1. The van der Waals surface area contributed by atoms with Gasteiger partial charge >= 0.3 is 0 Å². The Morgan fingerprint density at radius 3 is 2.44 bits per heavy atom. The van der Waals surface area contributed by atoms with Crippen molar-refractivity contribution >= 4 is 22.6 Å². The molecule has 0 saturated heterocycles. The number of para-hydroxylation sites is 1. The van der Waals surface area contributed by atoms with Gasteiger partial charge in [-0.25, -0.2) is 9.67 Å². The molecule has 5 rings (SSSR count). The third kappa shape index (κ3) is 4.13. The van der Waals surface area contributed by atoms with E-state index < -0.39 is 0 Å². The van der Waals surface area contributed by atoms with Crippen LogP contribution in [0.25, 0.3) is 16.8 Å². The molecule has 0 aliphatic heterocycles. The van der Waals surface area contributed by atoms with Crippen molar-refractivity contribution in [3.05, 3.63) is 89.2 Å². The van der Waals surface area contributed by atoms with Crippen molar-refractivity contribution in [1.29, 1.82) is 0 Å². The predicted molar refractivity (Wildman–Crippen MR) is 129 cm³/mol. The molecule has 170 valence electrons. The third-order valence-corrected chi connectivity index (χ3v) is 5.65. The number of benzene rings is 2. The van der Waals surface area contributed by atoms with E-state index in [-0.39, 0.29) is 11.7 Å². The summed E-state index contributed by atoms with van der Waals surface area (Å²) >= 11 is 0. The summed E-state index contributed by atoms with van der Waals surface area (Å²) in [5.74, 6) is 2.14. The predicted octanol–water partition coefficient (Wildman–Crippen LogP) is 5.69. The van der Waals surface area contributed by atoms with Crippen molar-refractivity contribution in [2.45, 2.75) is 27.7 Å². The van der Waals surface area contributed by atoms with Crippen molar-refractivity contribution in [1.82, 2.24) is 19.7 Å². The highest BCUT2D eigenvalue weighted by atomic mass is 16.5. The van der Waals surface area contributed by atoms with E-state index in [0.717, 1.165) is 22.3 Å². The second-order valence-corrected chi connectivity index (χ2v) is 8.05. The van der Waals surface area contributed by atoms with Crippen LogP contribution >= 0.6 is 0 Å². The number of nitrogens with one attached hydrogen (secondary N) is 1. The topological polar surface area (TPSA) is 95.1 Å². The Hall–Kier alpha value is -4.46. The average Bonchev–Trinajstić information content (AvgIpc) is 3.37. The maximum absolute atomic E-state index is 12.6. The first kappa shape index (κ1) is 21.4. The van der Waals surface area contributed by atoms with Gasteiger partial charge in [0.25, 0.3) is 5.91 Å². The number of hydrogen-bond acceptors (Lipinski definition) is 6. The summed E-state index contributed by atoms with van der Waals surface area (Å²) in [6.45, 7) is 7.82. The smallest absolute Gasteiger partial charge is 0.291 e. The Bertz CT molecular complexity index is 1480. The van der Waals surface area contributed by atoms with Gasteiger partial charge in [-0.3, -0.25) is 4.79 Å². The molecule has 0 atom stereocenters. The molecule has 0 saturated carbocycles. The Kier molecular flexibility index (Phi) is 5.33. The summed E-state index contributed by atoms with van der Waals surface area (Å²) in [5, 5.41) is 8.29. The molecule has 34 heavy (non-hydrogen) atoms. The van der Waals surface area contributed by atoms with E-state index in [1.165, 1.54) is 0 Å². The lowest BCUT2D eigenvalue weighted by atomic mass is 10.2. The Balaban J connectivity index is 1.31. The van der Waals surface area contributed by atoms with E-state index >= 15 is 0 Å². The lowest BCUT2D eigenvalue weighted by molar-refractivity contribution is 0.0998. The molecule has 3 aromatic heterocycles.